The Labute approximate surface area is 154 Å². The highest BCUT2D eigenvalue weighted by Crippen LogP contribution is 2.27. The summed E-state index contributed by atoms with van der Waals surface area (Å²) in [6.07, 6.45) is 0.982. The van der Waals surface area contributed by atoms with Gasteiger partial charge in [-0.15, -0.1) is 0 Å². The van der Waals surface area contributed by atoms with Crippen molar-refractivity contribution in [1.29, 1.82) is 0 Å². The Morgan fingerprint density at radius 1 is 0.923 bits per heavy atom. The Bertz CT molecular complexity index is 842. The average molecular weight is 351 g/mol. The van der Waals surface area contributed by atoms with Gasteiger partial charge in [0.2, 0.25) is 0 Å². The monoisotopic (exact) mass is 351 g/mol. The van der Waals surface area contributed by atoms with Crippen molar-refractivity contribution in [3.8, 4) is 11.3 Å². The lowest BCUT2D eigenvalue weighted by Gasteiger charge is -2.27. The van der Waals surface area contributed by atoms with Gasteiger partial charge in [0.1, 0.15) is 0 Å². The average Bonchev–Trinajstić information content (AvgIpc) is 2.67. The minimum Gasteiger partial charge on any atom is -0.343 e. The number of benzene rings is 2. The number of para-hydroxylation sites is 1. The van der Waals surface area contributed by atoms with Gasteiger partial charge in [0, 0.05) is 30.6 Å². The van der Waals surface area contributed by atoms with Crippen LogP contribution in [0.5, 0.6) is 0 Å². The highest BCUT2D eigenvalue weighted by atomic mass is 16.8. The molecule has 136 valence electrons. The molecule has 0 fully saturated rings. The SMILES string of the molecule is CCOC(O)(CCc1cc(-c2ccccc2)nc2ccccc12)OCC. The molecule has 0 aliphatic carbocycles. The summed E-state index contributed by atoms with van der Waals surface area (Å²) in [6, 6.07) is 20.3. The third-order valence-electron chi connectivity index (χ3n) is 4.32. The van der Waals surface area contributed by atoms with E-state index in [0.29, 0.717) is 26.1 Å². The van der Waals surface area contributed by atoms with Crippen LogP contribution in [0, 0.1) is 0 Å². The fraction of sp³-hybridized carbons (Fsp3) is 0.318. The molecule has 0 aliphatic rings. The van der Waals surface area contributed by atoms with Crippen molar-refractivity contribution < 1.29 is 14.6 Å². The van der Waals surface area contributed by atoms with Crippen LogP contribution in [0.25, 0.3) is 22.2 Å². The van der Waals surface area contributed by atoms with Gasteiger partial charge in [-0.25, -0.2) is 4.98 Å². The quantitative estimate of drug-likeness (QED) is 0.605. The fourth-order valence-electron chi connectivity index (χ4n) is 3.14. The molecule has 0 spiro atoms. The predicted octanol–water partition coefficient (Wildman–Crippen LogP) is 4.55. The van der Waals surface area contributed by atoms with Gasteiger partial charge in [0.05, 0.1) is 11.2 Å². The van der Waals surface area contributed by atoms with Crippen LogP contribution in [0.1, 0.15) is 25.8 Å². The van der Waals surface area contributed by atoms with E-state index in [1.807, 2.05) is 50.2 Å². The molecule has 1 aromatic heterocycles. The molecule has 0 radical (unpaired) electrons. The minimum absolute atomic E-state index is 0.358. The van der Waals surface area contributed by atoms with Crippen LogP contribution in [0.4, 0.5) is 0 Å². The number of hydrogen-bond acceptors (Lipinski definition) is 4. The Balaban J connectivity index is 1.96. The zero-order chi connectivity index (χ0) is 18.4. The predicted molar refractivity (Wildman–Crippen MR) is 104 cm³/mol. The number of nitrogens with zero attached hydrogens (tertiary/aromatic N) is 1. The van der Waals surface area contributed by atoms with E-state index in [2.05, 4.69) is 24.3 Å². The molecule has 4 heteroatoms. The topological polar surface area (TPSA) is 51.6 Å². The molecule has 26 heavy (non-hydrogen) atoms. The van der Waals surface area contributed by atoms with Crippen LogP contribution in [0.3, 0.4) is 0 Å². The summed E-state index contributed by atoms with van der Waals surface area (Å²) in [5, 5.41) is 11.7. The van der Waals surface area contributed by atoms with Gasteiger partial charge in [-0.3, -0.25) is 0 Å². The number of aromatic nitrogens is 1. The number of ether oxygens (including phenoxy) is 2. The van der Waals surface area contributed by atoms with Crippen LogP contribution in [-0.2, 0) is 15.9 Å². The highest BCUT2D eigenvalue weighted by Gasteiger charge is 2.28. The zero-order valence-electron chi connectivity index (χ0n) is 15.3. The number of pyridine rings is 1. The molecule has 2 aromatic carbocycles. The third kappa shape index (κ3) is 4.28. The third-order valence-corrected chi connectivity index (χ3v) is 4.32. The van der Waals surface area contributed by atoms with Gasteiger partial charge in [-0.2, -0.15) is 0 Å². The molecule has 3 rings (SSSR count). The van der Waals surface area contributed by atoms with Crippen LogP contribution in [0.2, 0.25) is 0 Å². The summed E-state index contributed by atoms with van der Waals surface area (Å²) >= 11 is 0. The Morgan fingerprint density at radius 3 is 2.27 bits per heavy atom. The maximum Gasteiger partial charge on any atom is 0.280 e. The summed E-state index contributed by atoms with van der Waals surface area (Å²) < 4.78 is 10.9. The first kappa shape index (κ1) is 18.5. The van der Waals surface area contributed by atoms with E-state index >= 15 is 0 Å². The van der Waals surface area contributed by atoms with E-state index < -0.39 is 5.97 Å². The molecular weight excluding hydrogens is 326 g/mol. The Morgan fingerprint density at radius 2 is 1.58 bits per heavy atom. The van der Waals surface area contributed by atoms with Gasteiger partial charge < -0.3 is 14.6 Å². The minimum atomic E-state index is -1.55. The van der Waals surface area contributed by atoms with Gasteiger partial charge >= 0.3 is 0 Å². The fourth-order valence-corrected chi connectivity index (χ4v) is 3.14. The summed E-state index contributed by atoms with van der Waals surface area (Å²) in [6.45, 7) is 4.48. The zero-order valence-corrected chi connectivity index (χ0v) is 15.3. The van der Waals surface area contributed by atoms with Crippen LogP contribution in [-0.4, -0.2) is 29.3 Å². The Kier molecular flexibility index (Phi) is 5.99. The van der Waals surface area contributed by atoms with Crippen molar-refractivity contribution >= 4 is 10.9 Å². The molecule has 0 bridgehead atoms. The lowest BCUT2D eigenvalue weighted by atomic mass is 10.00. The molecule has 1 N–H and O–H groups in total. The summed E-state index contributed by atoms with van der Waals surface area (Å²) in [5.74, 6) is -1.55. The molecule has 1 heterocycles. The van der Waals surface area contributed by atoms with E-state index in [4.69, 9.17) is 14.5 Å². The molecule has 3 aromatic rings. The van der Waals surface area contributed by atoms with Gasteiger partial charge in [-0.1, -0.05) is 48.5 Å². The maximum absolute atomic E-state index is 10.6. The van der Waals surface area contributed by atoms with Gasteiger partial charge in [0.15, 0.2) is 0 Å². The molecule has 0 atom stereocenters. The van der Waals surface area contributed by atoms with Crippen molar-refractivity contribution in [1.82, 2.24) is 4.98 Å². The van der Waals surface area contributed by atoms with E-state index in [0.717, 1.165) is 27.7 Å². The largest absolute Gasteiger partial charge is 0.343 e. The summed E-state index contributed by atoms with van der Waals surface area (Å²) in [7, 11) is 0. The van der Waals surface area contributed by atoms with E-state index in [9.17, 15) is 5.11 Å². The molecule has 0 saturated heterocycles. The number of aryl methyl sites for hydroxylation is 1. The van der Waals surface area contributed by atoms with Crippen molar-refractivity contribution in [2.75, 3.05) is 13.2 Å². The van der Waals surface area contributed by atoms with E-state index in [1.54, 1.807) is 0 Å². The van der Waals surface area contributed by atoms with E-state index in [1.165, 1.54) is 0 Å². The second-order valence-electron chi connectivity index (χ2n) is 6.13. The standard InChI is InChI=1S/C22H25NO3/c1-3-25-22(24,26-4-2)15-14-18-16-21(17-10-6-5-7-11-17)23-20-13-9-8-12-19(18)20/h5-13,16,24H,3-4,14-15H2,1-2H3. The molecule has 0 saturated carbocycles. The van der Waals surface area contributed by atoms with Crippen molar-refractivity contribution in [3.63, 3.8) is 0 Å². The van der Waals surface area contributed by atoms with Crippen LogP contribution in [0.15, 0.2) is 60.7 Å². The van der Waals surface area contributed by atoms with Crippen LogP contribution < -0.4 is 0 Å². The normalized spacial score (nSPS) is 11.8. The molecule has 0 amide bonds. The molecular formula is C22H25NO3. The molecule has 0 aliphatic heterocycles. The van der Waals surface area contributed by atoms with Gasteiger partial charge in [-0.05, 0) is 38.0 Å². The van der Waals surface area contributed by atoms with Crippen molar-refractivity contribution in [2.24, 2.45) is 0 Å². The smallest absolute Gasteiger partial charge is 0.280 e. The van der Waals surface area contributed by atoms with Crippen LogP contribution >= 0.6 is 0 Å². The first-order chi connectivity index (χ1) is 12.6. The number of aliphatic hydroxyl groups is 1. The van der Waals surface area contributed by atoms with Gasteiger partial charge in [0.25, 0.3) is 5.97 Å². The number of hydrogen-bond donors (Lipinski definition) is 1. The molecule has 0 unspecified atom stereocenters. The van der Waals surface area contributed by atoms with Crippen molar-refractivity contribution in [2.45, 2.75) is 32.7 Å². The Hall–Kier alpha value is -2.27. The van der Waals surface area contributed by atoms with E-state index in [-0.39, 0.29) is 0 Å². The number of fused-ring (bicyclic) bond motifs is 1. The maximum atomic E-state index is 10.6. The summed E-state index contributed by atoms with van der Waals surface area (Å²) in [4.78, 5) is 4.80. The lowest BCUT2D eigenvalue weighted by molar-refractivity contribution is -0.360. The lowest BCUT2D eigenvalue weighted by Crippen LogP contribution is -2.36. The number of rotatable bonds is 8. The first-order valence-corrected chi connectivity index (χ1v) is 9.09. The van der Waals surface area contributed by atoms with Crippen molar-refractivity contribution in [3.05, 3.63) is 66.2 Å². The highest BCUT2D eigenvalue weighted by molar-refractivity contribution is 5.85. The first-order valence-electron chi connectivity index (χ1n) is 9.09. The molecule has 4 nitrogen and oxygen atoms in total. The second-order valence-corrected chi connectivity index (χ2v) is 6.13. The summed E-state index contributed by atoms with van der Waals surface area (Å²) in [5.41, 5.74) is 4.06. The second kappa shape index (κ2) is 8.41.